The average molecular weight is 373 g/mol. The smallest absolute Gasteiger partial charge is 0.409 e. The molecular weight excluding hydrogens is 350 g/mol. The average Bonchev–Trinajstić information content (AvgIpc) is 3.08. The van der Waals surface area contributed by atoms with Crippen LogP contribution in [0.15, 0.2) is 28.9 Å². The number of pyridine rings is 1. The molecule has 0 bridgehead atoms. The second kappa shape index (κ2) is 8.52. The summed E-state index contributed by atoms with van der Waals surface area (Å²) < 4.78 is 9.94. The van der Waals surface area contributed by atoms with E-state index in [9.17, 15) is 9.59 Å². The fourth-order valence-electron chi connectivity index (χ4n) is 2.88. The third-order valence-electron chi connectivity index (χ3n) is 4.26. The number of likely N-dealkylation sites (tertiary alicyclic amines) is 1. The highest BCUT2D eigenvalue weighted by atomic mass is 16.6. The van der Waals surface area contributed by atoms with Crippen LogP contribution in [0.25, 0.3) is 0 Å². The third kappa shape index (κ3) is 4.96. The number of ether oxygens (including phenoxy) is 1. The minimum Gasteiger partial charge on any atom is -0.450 e. The van der Waals surface area contributed by atoms with E-state index in [1.165, 1.54) is 0 Å². The van der Waals surface area contributed by atoms with E-state index in [1.54, 1.807) is 37.1 Å². The number of hydrogen-bond donors (Lipinski definition) is 2. The summed E-state index contributed by atoms with van der Waals surface area (Å²) in [5, 5.41) is 9.74. The molecule has 1 aliphatic rings. The van der Waals surface area contributed by atoms with Gasteiger partial charge in [0, 0.05) is 25.2 Å². The van der Waals surface area contributed by atoms with Gasteiger partial charge in [0.05, 0.1) is 18.5 Å². The molecule has 144 valence electrons. The fraction of sp³-hybridized carbons (Fsp3) is 0.444. The van der Waals surface area contributed by atoms with Crippen molar-refractivity contribution in [2.75, 3.05) is 30.3 Å². The van der Waals surface area contributed by atoms with Crippen molar-refractivity contribution in [2.24, 2.45) is 0 Å². The van der Waals surface area contributed by atoms with Gasteiger partial charge in [-0.25, -0.2) is 9.78 Å². The van der Waals surface area contributed by atoms with Gasteiger partial charge in [-0.1, -0.05) is 5.16 Å². The molecule has 1 saturated heterocycles. The molecule has 2 aromatic rings. The summed E-state index contributed by atoms with van der Waals surface area (Å²) in [5.74, 6) is 0.624. The van der Waals surface area contributed by atoms with E-state index in [0.29, 0.717) is 37.0 Å². The molecule has 3 rings (SSSR count). The number of rotatable bonds is 5. The van der Waals surface area contributed by atoms with Crippen molar-refractivity contribution in [3.05, 3.63) is 35.9 Å². The predicted octanol–water partition coefficient (Wildman–Crippen LogP) is 2.66. The van der Waals surface area contributed by atoms with Crippen molar-refractivity contribution >= 4 is 23.5 Å². The van der Waals surface area contributed by atoms with Crippen LogP contribution in [-0.4, -0.2) is 52.8 Å². The van der Waals surface area contributed by atoms with E-state index < -0.39 is 0 Å². The maximum absolute atomic E-state index is 12.2. The lowest BCUT2D eigenvalue weighted by Crippen LogP contribution is -2.42. The summed E-state index contributed by atoms with van der Waals surface area (Å²) >= 11 is 0. The summed E-state index contributed by atoms with van der Waals surface area (Å²) in [6, 6.07) is 5.35. The first-order valence-electron chi connectivity index (χ1n) is 8.94. The van der Waals surface area contributed by atoms with Crippen LogP contribution < -0.4 is 10.6 Å². The molecule has 27 heavy (non-hydrogen) atoms. The quantitative estimate of drug-likeness (QED) is 0.829. The molecule has 0 aromatic carbocycles. The first kappa shape index (κ1) is 18.7. The van der Waals surface area contributed by atoms with Gasteiger partial charge < -0.3 is 24.8 Å². The largest absolute Gasteiger partial charge is 0.450 e. The van der Waals surface area contributed by atoms with Crippen molar-refractivity contribution in [1.29, 1.82) is 0 Å². The molecule has 2 aromatic heterocycles. The maximum atomic E-state index is 12.2. The molecule has 0 radical (unpaired) electrons. The van der Waals surface area contributed by atoms with Gasteiger partial charge >= 0.3 is 6.09 Å². The fourth-order valence-corrected chi connectivity index (χ4v) is 2.88. The lowest BCUT2D eigenvalue weighted by molar-refractivity contribution is 0.0982. The monoisotopic (exact) mass is 373 g/mol. The third-order valence-corrected chi connectivity index (χ3v) is 4.26. The number of nitrogens with one attached hydrogen (secondary N) is 2. The van der Waals surface area contributed by atoms with Crippen LogP contribution in [0.3, 0.4) is 0 Å². The number of nitrogens with zero attached hydrogens (tertiary/aromatic N) is 3. The number of piperidine rings is 1. The molecule has 0 spiro atoms. The number of carbonyl (C=O) groups excluding carboxylic acids is 2. The molecule has 0 aliphatic carbocycles. The summed E-state index contributed by atoms with van der Waals surface area (Å²) in [6.07, 6.45) is 3.02. The Kier molecular flexibility index (Phi) is 5.90. The molecule has 0 atom stereocenters. The molecule has 1 fully saturated rings. The number of hydrogen-bond acceptors (Lipinski definition) is 7. The molecule has 0 saturated carbocycles. The Morgan fingerprint density at radius 3 is 2.70 bits per heavy atom. The molecular formula is C18H23N5O4. The molecule has 3 heterocycles. The number of aryl methyl sites for hydroxylation is 1. The SMILES string of the molecule is CCOC(=O)N1CCC(Nc2ccc(C(=O)Nc3cc(C)on3)nc2)CC1. The zero-order valence-corrected chi connectivity index (χ0v) is 15.4. The van der Waals surface area contributed by atoms with E-state index in [0.717, 1.165) is 18.5 Å². The minimum atomic E-state index is -0.349. The van der Waals surface area contributed by atoms with Gasteiger partial charge in [-0.15, -0.1) is 0 Å². The Hall–Kier alpha value is -3.10. The highest BCUT2D eigenvalue weighted by Gasteiger charge is 2.23. The van der Waals surface area contributed by atoms with E-state index in [-0.39, 0.29) is 18.0 Å². The van der Waals surface area contributed by atoms with E-state index in [2.05, 4.69) is 20.8 Å². The number of amides is 2. The van der Waals surface area contributed by atoms with Gasteiger partial charge in [-0.05, 0) is 38.8 Å². The summed E-state index contributed by atoms with van der Waals surface area (Å²) in [7, 11) is 0. The van der Waals surface area contributed by atoms with Gasteiger partial charge in [0.15, 0.2) is 5.82 Å². The second-order valence-electron chi connectivity index (χ2n) is 6.31. The topological polar surface area (TPSA) is 110 Å². The van der Waals surface area contributed by atoms with Gasteiger partial charge in [0.25, 0.3) is 5.91 Å². The molecule has 2 N–H and O–H groups in total. The number of anilines is 2. The van der Waals surface area contributed by atoms with Crippen LogP contribution in [0, 0.1) is 6.92 Å². The standard InChI is InChI=1S/C18H23N5O4/c1-3-26-18(25)23-8-6-13(7-9-23)20-14-4-5-15(19-11-14)17(24)21-16-10-12(2)27-22-16/h4-5,10-11,13,20H,3,6-9H2,1-2H3,(H,21,22,24). The Labute approximate surface area is 157 Å². The van der Waals surface area contributed by atoms with E-state index in [1.807, 2.05) is 6.07 Å². The van der Waals surface area contributed by atoms with Gasteiger partial charge in [-0.2, -0.15) is 0 Å². The van der Waals surface area contributed by atoms with Gasteiger partial charge in [0.1, 0.15) is 11.5 Å². The van der Waals surface area contributed by atoms with E-state index in [4.69, 9.17) is 9.26 Å². The Morgan fingerprint density at radius 2 is 2.11 bits per heavy atom. The lowest BCUT2D eigenvalue weighted by atomic mass is 10.1. The van der Waals surface area contributed by atoms with Crippen LogP contribution in [0.5, 0.6) is 0 Å². The summed E-state index contributed by atoms with van der Waals surface area (Å²) in [5.41, 5.74) is 1.12. The lowest BCUT2D eigenvalue weighted by Gasteiger charge is -2.32. The van der Waals surface area contributed by atoms with Crippen molar-refractivity contribution in [3.8, 4) is 0 Å². The molecule has 9 nitrogen and oxygen atoms in total. The zero-order chi connectivity index (χ0) is 19.2. The van der Waals surface area contributed by atoms with Crippen LogP contribution in [-0.2, 0) is 4.74 Å². The maximum Gasteiger partial charge on any atom is 0.409 e. The van der Waals surface area contributed by atoms with Crippen LogP contribution in [0.1, 0.15) is 36.0 Å². The Balaban J connectivity index is 1.49. The Morgan fingerprint density at radius 1 is 1.33 bits per heavy atom. The summed E-state index contributed by atoms with van der Waals surface area (Å²) in [6.45, 7) is 5.25. The van der Waals surface area contributed by atoms with Crippen molar-refractivity contribution in [3.63, 3.8) is 0 Å². The molecule has 9 heteroatoms. The number of carbonyl (C=O) groups is 2. The number of aromatic nitrogens is 2. The second-order valence-corrected chi connectivity index (χ2v) is 6.31. The molecule has 0 unspecified atom stereocenters. The molecule has 1 aliphatic heterocycles. The molecule has 2 amide bonds. The van der Waals surface area contributed by atoms with Crippen molar-refractivity contribution < 1.29 is 18.8 Å². The Bertz CT molecular complexity index is 781. The van der Waals surface area contributed by atoms with Crippen LogP contribution in [0.4, 0.5) is 16.3 Å². The van der Waals surface area contributed by atoms with Crippen molar-refractivity contribution in [1.82, 2.24) is 15.0 Å². The first-order valence-corrected chi connectivity index (χ1v) is 8.94. The normalized spacial score (nSPS) is 14.7. The minimum absolute atomic E-state index is 0.246. The highest BCUT2D eigenvalue weighted by Crippen LogP contribution is 2.17. The van der Waals surface area contributed by atoms with E-state index >= 15 is 0 Å². The highest BCUT2D eigenvalue weighted by molar-refractivity contribution is 6.02. The van der Waals surface area contributed by atoms with Crippen LogP contribution >= 0.6 is 0 Å². The van der Waals surface area contributed by atoms with Gasteiger partial charge in [0.2, 0.25) is 0 Å². The van der Waals surface area contributed by atoms with Crippen molar-refractivity contribution in [2.45, 2.75) is 32.7 Å². The van der Waals surface area contributed by atoms with Crippen LogP contribution in [0.2, 0.25) is 0 Å². The summed E-state index contributed by atoms with van der Waals surface area (Å²) in [4.78, 5) is 29.8. The first-order chi connectivity index (χ1) is 13.0. The zero-order valence-electron chi connectivity index (χ0n) is 15.4. The predicted molar refractivity (Wildman–Crippen MR) is 98.7 cm³/mol. The van der Waals surface area contributed by atoms with Gasteiger partial charge in [-0.3, -0.25) is 4.79 Å².